The number of carbonyl (C=O) groups is 2. The fourth-order valence-electron chi connectivity index (χ4n) is 4.79. The molecule has 0 rings (SSSR count). The minimum absolute atomic E-state index is 0.114. The van der Waals surface area contributed by atoms with Gasteiger partial charge in [0.05, 0.1) is 12.7 Å². The van der Waals surface area contributed by atoms with Crippen molar-refractivity contribution in [2.24, 2.45) is 5.92 Å². The molecule has 0 aromatic carbocycles. The average molecular weight is 711 g/mol. The van der Waals surface area contributed by atoms with E-state index in [-0.39, 0.29) is 19.4 Å². The zero-order valence-electron chi connectivity index (χ0n) is 30.6. The monoisotopic (exact) mass is 710 g/mol. The van der Waals surface area contributed by atoms with E-state index in [1.165, 1.54) is 44.9 Å². The van der Waals surface area contributed by atoms with Crippen molar-refractivity contribution in [1.82, 2.24) is 0 Å². The van der Waals surface area contributed by atoms with E-state index in [0.717, 1.165) is 44.4 Å². The summed E-state index contributed by atoms with van der Waals surface area (Å²) in [6, 6.07) is 0. The van der Waals surface area contributed by atoms with Gasteiger partial charge in [-0.05, 0) is 50.9 Å². The van der Waals surface area contributed by atoms with Gasteiger partial charge < -0.3 is 24.4 Å². The highest BCUT2D eigenvalue weighted by atomic mass is 31.2. The molecule has 9 nitrogen and oxygen atoms in total. The molecule has 0 spiro atoms. The number of ether oxygens (including phenoxy) is 2. The van der Waals surface area contributed by atoms with Crippen LogP contribution in [0.5, 0.6) is 0 Å². The normalized spacial score (nSPS) is 13.9. The molecular weight excluding hydrogens is 643 g/mol. The van der Waals surface area contributed by atoms with Gasteiger partial charge in [-0.1, -0.05) is 146 Å². The van der Waals surface area contributed by atoms with Crippen LogP contribution in [0, 0.1) is 5.92 Å². The third-order valence-electron chi connectivity index (χ3n) is 7.55. The molecule has 0 saturated heterocycles. The van der Waals surface area contributed by atoms with Crippen molar-refractivity contribution in [2.45, 2.75) is 155 Å². The molecular formula is C39H67O9P. The van der Waals surface area contributed by atoms with Crippen LogP contribution in [-0.2, 0) is 28.2 Å². The van der Waals surface area contributed by atoms with Gasteiger partial charge in [-0.25, -0.2) is 4.57 Å². The van der Waals surface area contributed by atoms with Crippen LogP contribution in [0.3, 0.4) is 0 Å². The molecule has 1 unspecified atom stereocenters. The highest BCUT2D eigenvalue weighted by Crippen LogP contribution is 2.36. The van der Waals surface area contributed by atoms with E-state index < -0.39 is 38.6 Å². The van der Waals surface area contributed by atoms with Gasteiger partial charge in [0.1, 0.15) is 6.61 Å². The lowest BCUT2D eigenvalue weighted by atomic mass is 10.0. The fraction of sp³-hybridized carbons (Fsp3) is 0.692. The zero-order valence-corrected chi connectivity index (χ0v) is 31.5. The number of phosphoric acid groups is 1. The van der Waals surface area contributed by atoms with Crippen LogP contribution in [0.1, 0.15) is 143 Å². The molecule has 0 aromatic heterocycles. The topological polar surface area (TPSA) is 140 Å². The molecule has 0 aliphatic heterocycles. The van der Waals surface area contributed by atoms with E-state index in [4.69, 9.17) is 19.3 Å². The zero-order chi connectivity index (χ0) is 36.4. The van der Waals surface area contributed by atoms with Crippen molar-refractivity contribution in [3.63, 3.8) is 0 Å². The molecule has 0 radical (unpaired) electrons. The molecule has 0 fully saturated rings. The number of aliphatic hydroxyl groups excluding tert-OH is 1. The Morgan fingerprint density at radius 3 is 1.90 bits per heavy atom. The third kappa shape index (κ3) is 36.8. The van der Waals surface area contributed by atoms with Crippen molar-refractivity contribution in [3.05, 3.63) is 60.8 Å². The molecule has 0 aromatic rings. The van der Waals surface area contributed by atoms with Crippen molar-refractivity contribution < 1.29 is 43.0 Å². The minimum Gasteiger partial charge on any atom is -0.462 e. The van der Waals surface area contributed by atoms with Crippen LogP contribution in [0.15, 0.2) is 60.8 Å². The fourth-order valence-corrected chi connectivity index (χ4v) is 5.15. The molecule has 0 amide bonds. The van der Waals surface area contributed by atoms with E-state index in [0.29, 0.717) is 25.7 Å². The summed E-state index contributed by atoms with van der Waals surface area (Å²) in [5.74, 6) is -0.190. The van der Waals surface area contributed by atoms with Gasteiger partial charge in [0.15, 0.2) is 6.10 Å². The van der Waals surface area contributed by atoms with Crippen LogP contribution < -0.4 is 0 Å². The Morgan fingerprint density at radius 1 is 0.694 bits per heavy atom. The van der Waals surface area contributed by atoms with Gasteiger partial charge in [0.25, 0.3) is 0 Å². The number of carbonyl (C=O) groups excluding carboxylic acids is 2. The number of unbranched alkanes of at least 4 members (excludes halogenated alkanes) is 10. The number of rotatable bonds is 32. The molecule has 0 aliphatic rings. The highest BCUT2D eigenvalue weighted by Gasteiger charge is 2.22. The molecule has 0 aliphatic carbocycles. The minimum atomic E-state index is -4.78. The van der Waals surface area contributed by atoms with Crippen LogP contribution in [0.2, 0.25) is 0 Å². The molecule has 0 heterocycles. The maximum Gasteiger partial charge on any atom is 0.469 e. The molecule has 0 bridgehead atoms. The summed E-state index contributed by atoms with van der Waals surface area (Å²) in [7, 11) is -4.78. The average Bonchev–Trinajstić information content (AvgIpc) is 3.05. The van der Waals surface area contributed by atoms with Crippen LogP contribution >= 0.6 is 7.82 Å². The van der Waals surface area contributed by atoms with E-state index >= 15 is 0 Å². The second-order valence-corrected chi connectivity index (χ2v) is 14.1. The van der Waals surface area contributed by atoms with E-state index in [9.17, 15) is 19.3 Å². The van der Waals surface area contributed by atoms with Crippen molar-refractivity contribution >= 4 is 19.8 Å². The Kier molecular flexibility index (Phi) is 31.4. The Labute approximate surface area is 297 Å². The lowest BCUT2D eigenvalue weighted by Gasteiger charge is -2.18. The summed E-state index contributed by atoms with van der Waals surface area (Å²) in [5.41, 5.74) is 0. The van der Waals surface area contributed by atoms with Gasteiger partial charge >= 0.3 is 19.8 Å². The molecule has 0 saturated carbocycles. The van der Waals surface area contributed by atoms with E-state index in [1.807, 2.05) is 55.5 Å². The Bertz CT molecular complexity index is 1010. The molecule has 282 valence electrons. The Balaban J connectivity index is 4.14. The van der Waals surface area contributed by atoms with E-state index in [1.54, 1.807) is 0 Å². The summed E-state index contributed by atoms with van der Waals surface area (Å²) < 4.78 is 26.2. The highest BCUT2D eigenvalue weighted by molar-refractivity contribution is 7.46. The predicted molar refractivity (Wildman–Crippen MR) is 199 cm³/mol. The largest absolute Gasteiger partial charge is 0.469 e. The number of hydrogen-bond acceptors (Lipinski definition) is 7. The summed E-state index contributed by atoms with van der Waals surface area (Å²) in [5, 5.41) is 9.73. The van der Waals surface area contributed by atoms with Gasteiger partial charge in [-0.15, -0.1) is 0 Å². The van der Waals surface area contributed by atoms with Crippen LogP contribution in [-0.4, -0.2) is 52.3 Å². The van der Waals surface area contributed by atoms with Crippen molar-refractivity contribution in [2.75, 3.05) is 13.2 Å². The molecule has 10 heteroatoms. The van der Waals surface area contributed by atoms with Crippen molar-refractivity contribution in [3.8, 4) is 0 Å². The van der Waals surface area contributed by atoms with Crippen molar-refractivity contribution in [1.29, 1.82) is 0 Å². The predicted octanol–water partition coefficient (Wildman–Crippen LogP) is 9.78. The number of aliphatic hydroxyl groups is 1. The second kappa shape index (κ2) is 32.9. The first-order valence-corrected chi connectivity index (χ1v) is 20.1. The number of phosphoric ester groups is 1. The lowest BCUT2D eigenvalue weighted by Crippen LogP contribution is -2.29. The van der Waals surface area contributed by atoms with Gasteiger partial charge in [0.2, 0.25) is 0 Å². The summed E-state index contributed by atoms with van der Waals surface area (Å²) in [4.78, 5) is 42.6. The summed E-state index contributed by atoms with van der Waals surface area (Å²) >= 11 is 0. The first-order valence-electron chi connectivity index (χ1n) is 18.5. The van der Waals surface area contributed by atoms with Crippen LogP contribution in [0.4, 0.5) is 0 Å². The lowest BCUT2D eigenvalue weighted by molar-refractivity contribution is -0.161. The molecule has 49 heavy (non-hydrogen) atoms. The van der Waals surface area contributed by atoms with E-state index in [2.05, 4.69) is 30.5 Å². The van der Waals surface area contributed by atoms with Gasteiger partial charge in [0, 0.05) is 12.8 Å². The maximum absolute atomic E-state index is 12.3. The smallest absolute Gasteiger partial charge is 0.462 e. The Morgan fingerprint density at radius 2 is 1.27 bits per heavy atom. The summed E-state index contributed by atoms with van der Waals surface area (Å²) in [6.07, 6.45) is 35.8. The first-order chi connectivity index (χ1) is 23.5. The second-order valence-electron chi connectivity index (χ2n) is 12.9. The summed E-state index contributed by atoms with van der Waals surface area (Å²) in [6.45, 7) is 5.68. The molecule has 2 atom stereocenters. The quantitative estimate of drug-likeness (QED) is 0.0205. The number of allylic oxidation sites excluding steroid dienone is 8. The SMILES string of the molecule is CC/C=C\C(O)C/C=C/C=C\C/C=C\C/C=C\CCCC(=O)O[C@H](COC(=O)CCCCCCCCCCCCC(C)C)COP(=O)(O)O. The molecule has 3 N–H and O–H groups in total. The maximum atomic E-state index is 12.3. The standard InChI is InChI=1S/C39H67O9P/c1-4-5-29-36(40)30-25-21-17-13-8-6-7-9-15-19-23-27-32-39(42)48-37(34-47-49(43,44)45)33-46-38(41)31-26-22-18-14-11-10-12-16-20-24-28-35(2)3/h5-7,13,15,17,19,21,25,29,35-37,40H,4,8-12,14,16,18,20,22-24,26-28,30-34H2,1-3H3,(H2,43,44,45)/b7-6-,17-13-,19-15-,25-21+,29-5-/t36?,37-/m1/s1. The van der Waals surface area contributed by atoms with Gasteiger partial charge in [-0.3, -0.25) is 14.1 Å². The Hall–Kier alpha value is -2.29. The van der Waals surface area contributed by atoms with Gasteiger partial charge in [-0.2, -0.15) is 0 Å². The van der Waals surface area contributed by atoms with Crippen LogP contribution in [0.25, 0.3) is 0 Å². The number of esters is 2. The number of hydrogen-bond donors (Lipinski definition) is 3. The third-order valence-corrected chi connectivity index (χ3v) is 8.04. The first kappa shape index (κ1) is 46.7.